The number of benzene rings is 1. The van der Waals surface area contributed by atoms with Crippen molar-refractivity contribution in [2.75, 3.05) is 37.6 Å². The van der Waals surface area contributed by atoms with Gasteiger partial charge in [0, 0.05) is 66.0 Å². The van der Waals surface area contributed by atoms with Crippen LogP contribution in [0.25, 0.3) is 32.2 Å². The van der Waals surface area contributed by atoms with E-state index >= 15 is 0 Å². The quantitative estimate of drug-likeness (QED) is 0.247. The number of fused-ring (bicyclic) bond motifs is 2. The molecule has 1 saturated heterocycles. The van der Waals surface area contributed by atoms with Gasteiger partial charge in [0.2, 0.25) is 0 Å². The van der Waals surface area contributed by atoms with Crippen molar-refractivity contribution in [3.05, 3.63) is 79.9 Å². The van der Waals surface area contributed by atoms with Gasteiger partial charge in [-0.05, 0) is 49.9 Å². The summed E-state index contributed by atoms with van der Waals surface area (Å²) in [7, 11) is 0. The van der Waals surface area contributed by atoms with E-state index in [4.69, 9.17) is 11.6 Å². The van der Waals surface area contributed by atoms with Crippen molar-refractivity contribution in [1.29, 1.82) is 5.26 Å². The summed E-state index contributed by atoms with van der Waals surface area (Å²) < 4.78 is 2.19. The summed E-state index contributed by atoms with van der Waals surface area (Å²) in [6.07, 6.45) is 5.78. The van der Waals surface area contributed by atoms with Crippen molar-refractivity contribution < 1.29 is 9.90 Å². The Bertz CT molecular complexity index is 2200. The molecule has 46 heavy (non-hydrogen) atoms. The third-order valence-corrected chi connectivity index (χ3v) is 9.82. The fourth-order valence-electron chi connectivity index (χ4n) is 6.01. The van der Waals surface area contributed by atoms with Crippen LogP contribution in [0.1, 0.15) is 40.2 Å². The zero-order valence-corrected chi connectivity index (χ0v) is 26.5. The molecular formula is C34H28ClN7O3S. The Morgan fingerprint density at radius 2 is 1.96 bits per heavy atom. The van der Waals surface area contributed by atoms with Crippen molar-refractivity contribution in [3.63, 3.8) is 0 Å². The number of nitrogens with zero attached hydrogens (tertiary/aromatic N) is 7. The number of pyridine rings is 2. The molecule has 2 fully saturated rings. The van der Waals surface area contributed by atoms with Gasteiger partial charge in [0.15, 0.2) is 0 Å². The molecule has 7 rings (SSSR count). The number of carboxylic acids is 1. The summed E-state index contributed by atoms with van der Waals surface area (Å²) in [5.74, 6) is 7.06. The zero-order chi connectivity index (χ0) is 31.9. The number of halogens is 1. The highest BCUT2D eigenvalue weighted by Crippen LogP contribution is 2.36. The van der Waals surface area contributed by atoms with Crippen molar-refractivity contribution >= 4 is 55.8 Å². The number of hydrogen-bond acceptors (Lipinski definition) is 9. The van der Waals surface area contributed by atoms with E-state index in [9.17, 15) is 20.0 Å². The number of carboxylic acid groups (broad SMARTS) is 1. The molecule has 1 aliphatic heterocycles. The topological polar surface area (TPSA) is 128 Å². The minimum Gasteiger partial charge on any atom is -0.478 e. The Labute approximate surface area is 273 Å². The average molecular weight is 650 g/mol. The first-order valence-electron chi connectivity index (χ1n) is 15.0. The Kier molecular flexibility index (Phi) is 7.91. The Morgan fingerprint density at radius 3 is 2.70 bits per heavy atom. The molecule has 12 heteroatoms. The molecule has 0 atom stereocenters. The molecule has 10 nitrogen and oxygen atoms in total. The first kappa shape index (κ1) is 29.9. The predicted molar refractivity (Wildman–Crippen MR) is 179 cm³/mol. The van der Waals surface area contributed by atoms with E-state index in [2.05, 4.69) is 42.7 Å². The molecule has 230 valence electrons. The summed E-state index contributed by atoms with van der Waals surface area (Å²) in [5.41, 5.74) is 2.99. The Morgan fingerprint density at radius 1 is 1.15 bits per heavy atom. The molecule has 5 heterocycles. The third-order valence-electron chi connectivity index (χ3n) is 8.58. The van der Waals surface area contributed by atoms with Crippen LogP contribution in [0.5, 0.6) is 0 Å². The number of aryl methyl sites for hydroxylation is 1. The molecule has 4 aromatic heterocycles. The number of hydrogen-bond donors (Lipinski definition) is 1. The Hall–Kier alpha value is -4.81. The average Bonchev–Trinajstić information content (AvgIpc) is 3.76. The maximum atomic E-state index is 13.9. The fourth-order valence-corrected chi connectivity index (χ4v) is 7.21. The minimum atomic E-state index is -1.04. The van der Waals surface area contributed by atoms with Gasteiger partial charge < -0.3 is 10.0 Å². The first-order chi connectivity index (χ1) is 22.3. The second kappa shape index (κ2) is 12.2. The van der Waals surface area contributed by atoms with E-state index in [0.29, 0.717) is 38.0 Å². The monoisotopic (exact) mass is 649 g/mol. The molecule has 0 radical (unpaired) electrons. The number of aromatic nitrogens is 4. The normalized spacial score (nSPS) is 15.1. The minimum absolute atomic E-state index is 0.0476. The lowest BCUT2D eigenvalue weighted by atomic mass is 10.00. The molecule has 1 aliphatic carbocycles. The fraction of sp³-hybridized carbons (Fsp3) is 0.294. The van der Waals surface area contributed by atoms with E-state index < -0.39 is 5.97 Å². The number of thiophene rings is 1. The molecule has 5 aromatic rings. The lowest BCUT2D eigenvalue weighted by molar-refractivity contribution is 0.0699. The van der Waals surface area contributed by atoms with Crippen LogP contribution in [-0.4, -0.2) is 68.2 Å². The lowest BCUT2D eigenvalue weighted by Crippen LogP contribution is -2.47. The van der Waals surface area contributed by atoms with Gasteiger partial charge in [0.05, 0.1) is 39.4 Å². The maximum absolute atomic E-state index is 13.9. The van der Waals surface area contributed by atoms with Gasteiger partial charge in [-0.1, -0.05) is 23.4 Å². The number of carbonyl (C=O) groups is 1. The number of nitriles is 1. The summed E-state index contributed by atoms with van der Waals surface area (Å²) in [5, 5.41) is 22.1. The summed E-state index contributed by atoms with van der Waals surface area (Å²) in [6.45, 7) is 6.20. The highest BCUT2D eigenvalue weighted by Gasteiger charge is 2.28. The molecule has 1 N–H and O–H groups in total. The van der Waals surface area contributed by atoms with E-state index in [0.717, 1.165) is 49.8 Å². The second-order valence-electron chi connectivity index (χ2n) is 11.6. The predicted octanol–water partition coefficient (Wildman–Crippen LogP) is 5.18. The number of rotatable bonds is 6. The van der Waals surface area contributed by atoms with Gasteiger partial charge in [-0.2, -0.15) is 5.26 Å². The molecule has 0 spiro atoms. The zero-order valence-electron chi connectivity index (χ0n) is 25.0. The summed E-state index contributed by atoms with van der Waals surface area (Å²) >= 11 is 7.68. The molecular weight excluding hydrogens is 622 g/mol. The second-order valence-corrected chi connectivity index (χ2v) is 12.9. The number of anilines is 1. The van der Waals surface area contributed by atoms with Gasteiger partial charge in [-0.15, -0.1) is 11.3 Å². The maximum Gasteiger partial charge on any atom is 0.338 e. The molecule has 1 aromatic carbocycles. The third kappa shape index (κ3) is 5.58. The van der Waals surface area contributed by atoms with E-state index in [-0.39, 0.29) is 28.6 Å². The molecule has 0 amide bonds. The van der Waals surface area contributed by atoms with E-state index in [1.54, 1.807) is 42.9 Å². The largest absolute Gasteiger partial charge is 0.478 e. The van der Waals surface area contributed by atoms with Crippen LogP contribution in [0.4, 0.5) is 5.82 Å². The molecule has 0 unspecified atom stereocenters. The molecule has 1 saturated carbocycles. The van der Waals surface area contributed by atoms with Crippen LogP contribution < -0.4 is 10.5 Å². The van der Waals surface area contributed by atoms with Crippen LogP contribution in [0.3, 0.4) is 0 Å². The van der Waals surface area contributed by atoms with Crippen LogP contribution >= 0.6 is 22.9 Å². The Balaban J connectivity index is 1.22. The van der Waals surface area contributed by atoms with Crippen molar-refractivity contribution in [3.8, 4) is 29.0 Å². The van der Waals surface area contributed by atoms with Gasteiger partial charge in [-0.3, -0.25) is 19.2 Å². The standard InChI is InChI=1S/C34H28ClN7O3S/c1-20-39-28-17-38-32(41-13-11-40(12-14-41)18-21-4-5-21)26(16-36)29(28)33(43)42(20)10-2-3-22-6-7-23(35)15-25(22)24-8-9-37-30-27(34(44)45)19-46-31(24)30/h6-9,15,17,19,21H,4-5,10-14,18H2,1H3,(H,44,45). The highest BCUT2D eigenvalue weighted by atomic mass is 35.5. The summed E-state index contributed by atoms with van der Waals surface area (Å²) in [6, 6.07) is 9.38. The van der Waals surface area contributed by atoms with E-state index in [1.165, 1.54) is 28.7 Å². The SMILES string of the molecule is Cc1nc2cnc(N3CCN(CC4CC4)CC3)c(C#N)c2c(=O)n1CC#Cc1ccc(Cl)cc1-c1ccnc2c(C(=O)O)csc12. The molecule has 0 bridgehead atoms. The van der Waals surface area contributed by atoms with Gasteiger partial charge in [0.1, 0.15) is 23.3 Å². The smallest absolute Gasteiger partial charge is 0.338 e. The summed E-state index contributed by atoms with van der Waals surface area (Å²) in [4.78, 5) is 43.7. The van der Waals surface area contributed by atoms with Gasteiger partial charge in [-0.25, -0.2) is 14.8 Å². The highest BCUT2D eigenvalue weighted by molar-refractivity contribution is 7.18. The van der Waals surface area contributed by atoms with Gasteiger partial charge >= 0.3 is 5.97 Å². The van der Waals surface area contributed by atoms with Crippen LogP contribution in [0.2, 0.25) is 5.02 Å². The number of aromatic carboxylic acids is 1. The van der Waals surface area contributed by atoms with Gasteiger partial charge in [0.25, 0.3) is 5.56 Å². The van der Waals surface area contributed by atoms with E-state index in [1.807, 2.05) is 6.07 Å². The van der Waals surface area contributed by atoms with Crippen LogP contribution in [0.15, 0.2) is 46.8 Å². The van der Waals surface area contributed by atoms with Crippen molar-refractivity contribution in [2.24, 2.45) is 5.92 Å². The first-order valence-corrected chi connectivity index (χ1v) is 16.2. The molecule has 2 aliphatic rings. The van der Waals surface area contributed by atoms with Crippen molar-refractivity contribution in [1.82, 2.24) is 24.4 Å². The van der Waals surface area contributed by atoms with Crippen LogP contribution in [-0.2, 0) is 6.54 Å². The van der Waals surface area contributed by atoms with Crippen molar-refractivity contribution in [2.45, 2.75) is 26.3 Å². The lowest BCUT2D eigenvalue weighted by Gasteiger charge is -2.35. The number of piperazine rings is 1. The van der Waals surface area contributed by atoms with Crippen LogP contribution in [0, 0.1) is 36.0 Å².